The summed E-state index contributed by atoms with van der Waals surface area (Å²) in [5.74, 6) is -1.17. The van der Waals surface area contributed by atoms with Crippen molar-refractivity contribution in [2.75, 3.05) is 10.6 Å². The van der Waals surface area contributed by atoms with Crippen LogP contribution in [0.25, 0.3) is 0 Å². The number of halogens is 2. The van der Waals surface area contributed by atoms with Crippen LogP contribution in [0.3, 0.4) is 0 Å². The summed E-state index contributed by atoms with van der Waals surface area (Å²) < 4.78 is 0. The molecule has 1 aromatic heterocycles. The maximum Gasteiger partial charge on any atom is 0.265 e. The van der Waals surface area contributed by atoms with Crippen molar-refractivity contribution in [3.05, 3.63) is 88.7 Å². The van der Waals surface area contributed by atoms with Crippen LogP contribution >= 0.6 is 23.2 Å². The third-order valence-corrected chi connectivity index (χ3v) is 5.62. The van der Waals surface area contributed by atoms with E-state index in [-0.39, 0.29) is 18.2 Å². The lowest BCUT2D eigenvalue weighted by atomic mass is 9.93. The van der Waals surface area contributed by atoms with Crippen LogP contribution in [-0.2, 0) is 9.59 Å². The van der Waals surface area contributed by atoms with E-state index < -0.39 is 18.0 Å². The second-order valence-corrected chi connectivity index (χ2v) is 8.22. The highest BCUT2D eigenvalue weighted by atomic mass is 35.5. The second-order valence-electron chi connectivity index (χ2n) is 7.34. The average molecular weight is 484 g/mol. The fourth-order valence-electron chi connectivity index (χ4n) is 3.34. The summed E-state index contributed by atoms with van der Waals surface area (Å²) in [6.07, 6.45) is 3.19. The molecular formula is C23H19Cl2N5O3. The first kappa shape index (κ1) is 22.7. The van der Waals surface area contributed by atoms with Crippen LogP contribution in [0.5, 0.6) is 0 Å². The molecule has 0 saturated carbocycles. The maximum absolute atomic E-state index is 12.9. The molecule has 0 bridgehead atoms. The minimum atomic E-state index is -0.743. The fraction of sp³-hybridized carbons (Fsp3) is 0.130. The molecule has 168 valence electrons. The zero-order valence-corrected chi connectivity index (χ0v) is 18.7. The number of amides is 3. The van der Waals surface area contributed by atoms with E-state index in [1.165, 1.54) is 17.4 Å². The number of benzene rings is 2. The van der Waals surface area contributed by atoms with Gasteiger partial charge in [-0.2, -0.15) is 5.01 Å². The first-order valence-electron chi connectivity index (χ1n) is 10.0. The summed E-state index contributed by atoms with van der Waals surface area (Å²) in [7, 11) is 0. The summed E-state index contributed by atoms with van der Waals surface area (Å²) in [4.78, 5) is 42.4. The summed E-state index contributed by atoms with van der Waals surface area (Å²) in [5.41, 5.74) is 4.15. The minimum Gasteiger partial charge on any atom is -0.325 e. The van der Waals surface area contributed by atoms with Crippen LogP contribution in [0, 0.1) is 0 Å². The molecule has 8 nitrogen and oxygen atoms in total. The normalized spacial score (nSPS) is 17.5. The average Bonchev–Trinajstić information content (AvgIpc) is 2.80. The molecular weight excluding hydrogens is 465 g/mol. The van der Waals surface area contributed by atoms with Gasteiger partial charge in [0, 0.05) is 45.8 Å². The van der Waals surface area contributed by atoms with Gasteiger partial charge in [-0.3, -0.25) is 24.8 Å². The molecule has 0 aliphatic carbocycles. The minimum absolute atomic E-state index is 0.218. The second kappa shape index (κ2) is 9.99. The van der Waals surface area contributed by atoms with Gasteiger partial charge in [-0.1, -0.05) is 23.2 Å². The summed E-state index contributed by atoms with van der Waals surface area (Å²) in [5, 5.41) is 8.01. The number of hydrogen-bond donors (Lipinski definition) is 3. The number of hydrazine groups is 1. The van der Waals surface area contributed by atoms with E-state index in [0.29, 0.717) is 27.0 Å². The molecule has 1 aliphatic rings. The fourth-order valence-corrected chi connectivity index (χ4v) is 3.60. The van der Waals surface area contributed by atoms with Crippen LogP contribution in [0.2, 0.25) is 10.0 Å². The quantitative estimate of drug-likeness (QED) is 0.495. The first-order valence-corrected chi connectivity index (χ1v) is 10.8. The Bertz CT molecular complexity index is 1090. The van der Waals surface area contributed by atoms with Gasteiger partial charge in [0.1, 0.15) is 12.1 Å². The molecule has 2 unspecified atom stereocenters. The molecule has 1 saturated heterocycles. The SMILES string of the molecule is O=C(NN1C(C(=O)Nc2ccc(Cl)cc2)CC1C(=O)Nc1ccc(Cl)cc1)c1ccncc1. The van der Waals surface area contributed by atoms with Crippen molar-refractivity contribution < 1.29 is 14.4 Å². The molecule has 2 heterocycles. The Labute approximate surface area is 199 Å². The summed E-state index contributed by atoms with van der Waals surface area (Å²) in [6, 6.07) is 14.9. The highest BCUT2D eigenvalue weighted by Gasteiger charge is 2.48. The molecule has 4 rings (SSSR count). The van der Waals surface area contributed by atoms with E-state index in [1.54, 1.807) is 60.7 Å². The van der Waals surface area contributed by atoms with Gasteiger partial charge in [-0.25, -0.2) is 0 Å². The number of pyridine rings is 1. The van der Waals surface area contributed by atoms with Gasteiger partial charge in [-0.05, 0) is 60.7 Å². The lowest BCUT2D eigenvalue weighted by Crippen LogP contribution is -2.70. The summed E-state index contributed by atoms with van der Waals surface area (Å²) >= 11 is 11.8. The molecule has 1 aliphatic heterocycles. The van der Waals surface area contributed by atoms with E-state index in [4.69, 9.17) is 23.2 Å². The molecule has 3 aromatic rings. The number of nitrogens with zero attached hydrogens (tertiary/aromatic N) is 2. The van der Waals surface area contributed by atoms with E-state index in [9.17, 15) is 14.4 Å². The maximum atomic E-state index is 12.9. The number of aromatic nitrogens is 1. The molecule has 0 spiro atoms. The standard InChI is InChI=1S/C23H19Cl2N5O3/c24-15-1-5-17(6-2-15)27-22(32)19-13-20(23(33)28-18-7-3-16(25)4-8-18)30(19)29-21(31)14-9-11-26-12-10-14/h1-12,19-20H,13H2,(H,27,32)(H,28,33)(H,29,31). The molecule has 3 N–H and O–H groups in total. The predicted octanol–water partition coefficient (Wildman–Crippen LogP) is 3.75. The predicted molar refractivity (Wildman–Crippen MR) is 126 cm³/mol. The van der Waals surface area contributed by atoms with Crippen LogP contribution < -0.4 is 16.1 Å². The van der Waals surface area contributed by atoms with Crippen molar-refractivity contribution in [2.24, 2.45) is 0 Å². The van der Waals surface area contributed by atoms with Crippen LogP contribution in [0.1, 0.15) is 16.8 Å². The van der Waals surface area contributed by atoms with Crippen molar-refractivity contribution in [1.29, 1.82) is 0 Å². The number of nitrogens with one attached hydrogen (secondary N) is 3. The van der Waals surface area contributed by atoms with Gasteiger partial charge in [-0.15, -0.1) is 0 Å². The van der Waals surface area contributed by atoms with E-state index in [1.807, 2.05) is 0 Å². The molecule has 2 atom stereocenters. The van der Waals surface area contributed by atoms with Gasteiger partial charge in [0.25, 0.3) is 5.91 Å². The zero-order chi connectivity index (χ0) is 23.4. The number of carbonyl (C=O) groups excluding carboxylic acids is 3. The van der Waals surface area contributed by atoms with E-state index >= 15 is 0 Å². The molecule has 3 amide bonds. The van der Waals surface area contributed by atoms with E-state index in [2.05, 4.69) is 21.0 Å². The van der Waals surface area contributed by atoms with Gasteiger partial charge in [0.15, 0.2) is 0 Å². The smallest absolute Gasteiger partial charge is 0.265 e. The van der Waals surface area contributed by atoms with Crippen molar-refractivity contribution in [3.8, 4) is 0 Å². The summed E-state index contributed by atoms with van der Waals surface area (Å²) in [6.45, 7) is 0. The number of anilines is 2. The number of rotatable bonds is 6. The van der Waals surface area contributed by atoms with Crippen molar-refractivity contribution >= 4 is 52.3 Å². The molecule has 0 radical (unpaired) electrons. The van der Waals surface area contributed by atoms with Crippen LogP contribution in [0.4, 0.5) is 11.4 Å². The Morgan fingerprint density at radius 2 is 1.21 bits per heavy atom. The monoisotopic (exact) mass is 483 g/mol. The Balaban J connectivity index is 1.49. The van der Waals surface area contributed by atoms with Crippen LogP contribution in [-0.4, -0.2) is 39.8 Å². The van der Waals surface area contributed by atoms with Gasteiger partial charge < -0.3 is 10.6 Å². The van der Waals surface area contributed by atoms with Gasteiger partial charge >= 0.3 is 0 Å². The van der Waals surface area contributed by atoms with Crippen molar-refractivity contribution in [3.63, 3.8) is 0 Å². The number of carbonyl (C=O) groups is 3. The Morgan fingerprint density at radius 3 is 1.67 bits per heavy atom. The largest absolute Gasteiger partial charge is 0.325 e. The van der Waals surface area contributed by atoms with Gasteiger partial charge in [0.05, 0.1) is 0 Å². The first-order chi connectivity index (χ1) is 15.9. The Morgan fingerprint density at radius 1 is 0.758 bits per heavy atom. The number of hydrogen-bond acceptors (Lipinski definition) is 5. The highest BCUT2D eigenvalue weighted by Crippen LogP contribution is 2.27. The zero-order valence-electron chi connectivity index (χ0n) is 17.2. The third kappa shape index (κ3) is 5.48. The molecule has 10 heteroatoms. The molecule has 1 fully saturated rings. The Kier molecular flexibility index (Phi) is 6.88. The lowest BCUT2D eigenvalue weighted by Gasteiger charge is -2.45. The molecule has 2 aromatic carbocycles. The molecule has 33 heavy (non-hydrogen) atoms. The third-order valence-electron chi connectivity index (χ3n) is 5.12. The topological polar surface area (TPSA) is 103 Å². The lowest BCUT2D eigenvalue weighted by molar-refractivity contribution is -0.141. The van der Waals surface area contributed by atoms with Gasteiger partial charge in [0.2, 0.25) is 11.8 Å². The highest BCUT2D eigenvalue weighted by molar-refractivity contribution is 6.31. The van der Waals surface area contributed by atoms with Crippen LogP contribution in [0.15, 0.2) is 73.1 Å². The van der Waals surface area contributed by atoms with Crippen molar-refractivity contribution in [1.82, 2.24) is 15.4 Å². The van der Waals surface area contributed by atoms with E-state index in [0.717, 1.165) is 0 Å². The van der Waals surface area contributed by atoms with Crippen molar-refractivity contribution in [2.45, 2.75) is 18.5 Å². The Hall–Kier alpha value is -3.46.